The highest BCUT2D eigenvalue weighted by atomic mass is 16.5. The van der Waals surface area contributed by atoms with Gasteiger partial charge in [0.1, 0.15) is 28.7 Å². The zero-order chi connectivity index (χ0) is 55.3. The van der Waals surface area contributed by atoms with E-state index in [1.165, 1.54) is 0 Å². The van der Waals surface area contributed by atoms with Crippen molar-refractivity contribution in [2.45, 2.75) is 73.6 Å². The number of rotatable bonds is 16. The van der Waals surface area contributed by atoms with Gasteiger partial charge >= 0.3 is 0 Å². The Morgan fingerprint density at radius 3 is 1.14 bits per heavy atom. The Morgan fingerprint density at radius 1 is 0.461 bits per heavy atom. The first-order chi connectivity index (χ1) is 36.6. The lowest BCUT2D eigenvalue weighted by molar-refractivity contribution is 0.299. The van der Waals surface area contributed by atoms with Crippen molar-refractivity contribution >= 4 is 11.8 Å². The van der Waals surface area contributed by atoms with Gasteiger partial charge < -0.3 is 48.1 Å². The second kappa shape index (κ2) is 28.7. The van der Waals surface area contributed by atoms with E-state index in [0.717, 1.165) is 85.1 Å². The predicted octanol–water partition coefficient (Wildman–Crippen LogP) is 9.18. The summed E-state index contributed by atoms with van der Waals surface area (Å²) in [5.41, 5.74) is 16.3. The maximum absolute atomic E-state index is 12.2. The number of anilines is 1. The molecule has 0 spiro atoms. The van der Waals surface area contributed by atoms with Crippen LogP contribution in [-0.2, 0) is 39.0 Å². The number of aryl methyl sites for hydroxylation is 2. The Balaban J connectivity index is 0.000000187. The van der Waals surface area contributed by atoms with Crippen LogP contribution < -0.4 is 46.9 Å². The van der Waals surface area contributed by atoms with Crippen LogP contribution in [0.3, 0.4) is 0 Å². The van der Waals surface area contributed by atoms with E-state index < -0.39 is 0 Å². The number of nitrogen functional groups attached to an aromatic ring is 1. The number of aliphatic hydroxyl groups excluding tert-OH is 1. The summed E-state index contributed by atoms with van der Waals surface area (Å²) in [5, 5.41) is 8.97. The van der Waals surface area contributed by atoms with E-state index in [9.17, 15) is 19.2 Å². The lowest BCUT2D eigenvalue weighted by Crippen LogP contribution is -2.24. The van der Waals surface area contributed by atoms with E-state index in [1.54, 1.807) is 78.3 Å². The van der Waals surface area contributed by atoms with Gasteiger partial charge in [-0.1, -0.05) is 68.1 Å². The Bertz CT molecular complexity index is 3390. The third kappa shape index (κ3) is 15.9. The lowest BCUT2D eigenvalue weighted by atomic mass is 10.1. The summed E-state index contributed by atoms with van der Waals surface area (Å²) in [6, 6.07) is 38.4. The van der Waals surface area contributed by atoms with Crippen LogP contribution in [0.15, 0.2) is 172 Å². The molecule has 0 atom stereocenters. The van der Waals surface area contributed by atoms with Gasteiger partial charge in [0.15, 0.2) is 0 Å². The number of aliphatic hydroxyl groups is 1. The summed E-state index contributed by atoms with van der Waals surface area (Å²) in [7, 11) is 6.53. The molecule has 0 aliphatic carbocycles. The van der Waals surface area contributed by atoms with Crippen molar-refractivity contribution in [3.05, 3.63) is 255 Å². The van der Waals surface area contributed by atoms with Crippen LogP contribution in [-0.4, -0.2) is 58.4 Å². The van der Waals surface area contributed by atoms with Gasteiger partial charge in [-0.15, -0.1) is 0 Å². The summed E-state index contributed by atoms with van der Waals surface area (Å²) in [5.74, 6) is 3.24. The summed E-state index contributed by atoms with van der Waals surface area (Å²) in [6.07, 6.45) is 10.2. The fraction of sp³-hybridized carbons (Fsp3) is 0.258. The van der Waals surface area contributed by atoms with Crippen molar-refractivity contribution in [2.75, 3.05) is 40.8 Å². The van der Waals surface area contributed by atoms with Crippen LogP contribution in [0.2, 0.25) is 0 Å². The molecule has 8 aromatic rings. The van der Waals surface area contributed by atoms with Crippen LogP contribution in [0, 0.1) is 27.7 Å². The van der Waals surface area contributed by atoms with E-state index in [-0.39, 0.29) is 28.8 Å². The molecule has 0 unspecified atom stereocenters. The molecule has 0 amide bonds. The molecule has 8 rings (SSSR count). The third-order valence-electron chi connectivity index (χ3n) is 13.0. The third-order valence-corrected chi connectivity index (χ3v) is 13.0. The van der Waals surface area contributed by atoms with Gasteiger partial charge in [-0.05, 0) is 158 Å². The quantitative estimate of drug-likeness (QED) is 0.0951. The Morgan fingerprint density at radius 2 is 0.789 bits per heavy atom. The maximum Gasteiger partial charge on any atom is 0.274 e. The summed E-state index contributed by atoms with van der Waals surface area (Å²) in [4.78, 5) is 48.6. The van der Waals surface area contributed by atoms with Crippen LogP contribution >= 0.6 is 0 Å². The van der Waals surface area contributed by atoms with Crippen LogP contribution in [0.25, 0.3) is 6.08 Å². The minimum absolute atomic E-state index is 0.00762. The highest BCUT2D eigenvalue weighted by Crippen LogP contribution is 2.17. The molecule has 0 aliphatic rings. The van der Waals surface area contributed by atoms with Crippen molar-refractivity contribution in [3.63, 3.8) is 0 Å². The molecule has 398 valence electrons. The first-order valence-corrected chi connectivity index (χ1v) is 24.9. The van der Waals surface area contributed by atoms with Gasteiger partial charge in [-0.3, -0.25) is 19.2 Å². The van der Waals surface area contributed by atoms with Gasteiger partial charge in [-0.2, -0.15) is 0 Å². The summed E-state index contributed by atoms with van der Waals surface area (Å²) in [6.45, 7) is 15.4. The molecular formula is C62H71N5O9. The second-order valence-corrected chi connectivity index (χ2v) is 17.9. The standard InChI is InChI=1S/C16H19NO3.C16H17NO2.C15H18N2O2.C15H17NO2/c1-12-14(8-10-18)7-9-17(16(12)19)11-13-3-5-15(20-2)6-4-13;1-4-14-9-10-17(16(18)12(14)2)11-13-5-7-15(19-3)8-6-13;1-3-12-8-9-17(15(18)14(12)16)10-11-4-6-13(19-2)7-5-11;1-11-8-9-16(15(17)12(11)2)10-13-4-6-14(18-3)7-5-13/h3-7,9,18H,8,10-11H2,1-2H3;4-10H,1,11H2,2-3H3;4-9H,3,10,16H2,1-2H3;4-9H,10H2,1-3H3. The van der Waals surface area contributed by atoms with E-state index in [4.69, 9.17) is 29.8 Å². The number of ether oxygens (including phenoxy) is 4. The highest BCUT2D eigenvalue weighted by Gasteiger charge is 2.09. The molecule has 0 saturated heterocycles. The number of aromatic nitrogens is 4. The molecule has 4 aromatic carbocycles. The average Bonchev–Trinajstić information content (AvgIpc) is 3.45. The highest BCUT2D eigenvalue weighted by molar-refractivity contribution is 5.50. The monoisotopic (exact) mass is 1030 g/mol. The van der Waals surface area contributed by atoms with Crippen molar-refractivity contribution in [1.82, 2.24) is 18.3 Å². The van der Waals surface area contributed by atoms with Crippen LogP contribution in [0.5, 0.6) is 23.0 Å². The molecule has 76 heavy (non-hydrogen) atoms. The Kier molecular flexibility index (Phi) is 22.0. The SMILES string of the molecule is C=Cc1ccn(Cc2ccc(OC)cc2)c(=O)c1C.CCc1ccn(Cc2ccc(OC)cc2)c(=O)c1N.COc1ccc(Cn2ccc(C)c(C)c2=O)cc1.COc1ccc(Cn2ccc(CCO)c(C)c2=O)cc1. The molecule has 4 aromatic heterocycles. The molecule has 0 fully saturated rings. The van der Waals surface area contributed by atoms with Gasteiger partial charge in [0.2, 0.25) is 0 Å². The fourth-order valence-corrected chi connectivity index (χ4v) is 7.96. The van der Waals surface area contributed by atoms with E-state index in [1.807, 2.05) is 155 Å². The molecule has 4 heterocycles. The van der Waals surface area contributed by atoms with Gasteiger partial charge in [-0.25, -0.2) is 0 Å². The van der Waals surface area contributed by atoms with Gasteiger partial charge in [0, 0.05) is 48.1 Å². The Hall–Kier alpha value is -8.62. The lowest BCUT2D eigenvalue weighted by Gasteiger charge is -2.10. The van der Waals surface area contributed by atoms with Gasteiger partial charge in [0.05, 0.1) is 54.6 Å². The first kappa shape index (κ1) is 58.3. The zero-order valence-corrected chi connectivity index (χ0v) is 45.2. The van der Waals surface area contributed by atoms with E-state index in [0.29, 0.717) is 43.9 Å². The van der Waals surface area contributed by atoms with Crippen molar-refractivity contribution in [1.29, 1.82) is 0 Å². The number of hydrogen-bond acceptors (Lipinski definition) is 10. The predicted molar refractivity (Wildman–Crippen MR) is 305 cm³/mol. The molecule has 0 radical (unpaired) electrons. The summed E-state index contributed by atoms with van der Waals surface area (Å²) < 4.78 is 27.2. The minimum Gasteiger partial charge on any atom is -0.497 e. The minimum atomic E-state index is -0.129. The molecule has 3 N–H and O–H groups in total. The Labute approximate surface area is 445 Å². The molecule has 14 nitrogen and oxygen atoms in total. The number of hydrogen-bond donors (Lipinski definition) is 2. The molecule has 0 saturated carbocycles. The van der Waals surface area contributed by atoms with Gasteiger partial charge in [0.25, 0.3) is 22.2 Å². The average molecular weight is 1030 g/mol. The largest absolute Gasteiger partial charge is 0.497 e. The molecular weight excluding hydrogens is 959 g/mol. The zero-order valence-electron chi connectivity index (χ0n) is 45.2. The topological polar surface area (TPSA) is 171 Å². The number of nitrogens with zero attached hydrogens (tertiary/aromatic N) is 4. The van der Waals surface area contributed by atoms with Crippen LogP contribution in [0.4, 0.5) is 5.69 Å². The van der Waals surface area contributed by atoms with Crippen molar-refractivity contribution < 1.29 is 24.1 Å². The van der Waals surface area contributed by atoms with E-state index in [2.05, 4.69) is 6.58 Å². The van der Waals surface area contributed by atoms with Crippen LogP contribution in [0.1, 0.15) is 68.1 Å². The normalized spacial score (nSPS) is 10.4. The molecule has 0 aliphatic heterocycles. The summed E-state index contributed by atoms with van der Waals surface area (Å²) >= 11 is 0. The van der Waals surface area contributed by atoms with Crippen molar-refractivity contribution in [3.8, 4) is 23.0 Å². The second-order valence-electron chi connectivity index (χ2n) is 17.9. The maximum atomic E-state index is 12.2. The smallest absolute Gasteiger partial charge is 0.274 e. The van der Waals surface area contributed by atoms with E-state index >= 15 is 0 Å². The fourth-order valence-electron chi connectivity index (χ4n) is 7.96. The first-order valence-electron chi connectivity index (χ1n) is 24.9. The van der Waals surface area contributed by atoms with Crippen molar-refractivity contribution in [2.24, 2.45) is 0 Å². The number of pyridine rings is 4. The molecule has 14 heteroatoms. The number of benzene rings is 4. The number of methoxy groups -OCH3 is 4. The molecule has 0 bridgehead atoms. The number of nitrogens with two attached hydrogens (primary N) is 1.